The largest absolute Gasteiger partial charge is 0.312 e. The molecule has 2 aromatic rings. The summed E-state index contributed by atoms with van der Waals surface area (Å²) in [5.74, 6) is 0.846. The molecule has 0 aliphatic carbocycles. The van der Waals surface area contributed by atoms with Crippen molar-refractivity contribution in [3.05, 3.63) is 28.6 Å². The number of nitrogens with one attached hydrogen (secondary N) is 1. The molecule has 0 fully saturated rings. The van der Waals surface area contributed by atoms with Gasteiger partial charge < -0.3 is 5.32 Å². The van der Waals surface area contributed by atoms with Crippen LogP contribution in [0.4, 0.5) is 0 Å². The van der Waals surface area contributed by atoms with Crippen molar-refractivity contribution >= 4 is 11.6 Å². The summed E-state index contributed by atoms with van der Waals surface area (Å²) in [6.45, 7) is 3.49. The third kappa shape index (κ3) is 2.88. The van der Waals surface area contributed by atoms with Crippen LogP contribution in [0.2, 0.25) is 5.15 Å². The van der Waals surface area contributed by atoms with Crippen molar-refractivity contribution in [3.8, 4) is 0 Å². The lowest BCUT2D eigenvalue weighted by Gasteiger charge is -2.03. The van der Waals surface area contributed by atoms with Gasteiger partial charge in [-0.1, -0.05) is 11.6 Å². The predicted molar refractivity (Wildman–Crippen MR) is 69.4 cm³/mol. The van der Waals surface area contributed by atoms with Crippen molar-refractivity contribution < 1.29 is 0 Å². The van der Waals surface area contributed by atoms with E-state index in [2.05, 4.69) is 20.5 Å². The van der Waals surface area contributed by atoms with Gasteiger partial charge in [-0.2, -0.15) is 10.2 Å². The lowest BCUT2D eigenvalue weighted by molar-refractivity contribution is 0.659. The van der Waals surface area contributed by atoms with E-state index in [0.29, 0.717) is 11.7 Å². The molecule has 0 bridgehead atoms. The van der Waals surface area contributed by atoms with E-state index in [0.717, 1.165) is 30.0 Å². The highest BCUT2D eigenvalue weighted by atomic mass is 35.5. The van der Waals surface area contributed by atoms with Crippen molar-refractivity contribution in [3.63, 3.8) is 0 Å². The quantitative estimate of drug-likeness (QED) is 0.817. The smallest absolute Gasteiger partial charge is 0.151 e. The van der Waals surface area contributed by atoms with Crippen LogP contribution in [0.5, 0.6) is 0 Å². The summed E-state index contributed by atoms with van der Waals surface area (Å²) in [4.78, 5) is 4.17. The Morgan fingerprint density at radius 1 is 1.33 bits per heavy atom. The van der Waals surface area contributed by atoms with Crippen LogP contribution in [-0.2, 0) is 27.1 Å². The van der Waals surface area contributed by atoms with E-state index in [1.807, 2.05) is 21.0 Å². The molecule has 98 valence electrons. The number of aromatic nitrogens is 5. The minimum atomic E-state index is 0.691. The van der Waals surface area contributed by atoms with Crippen LogP contribution in [0, 0.1) is 6.92 Å². The van der Waals surface area contributed by atoms with Crippen molar-refractivity contribution in [1.82, 2.24) is 29.9 Å². The van der Waals surface area contributed by atoms with Gasteiger partial charge in [0.2, 0.25) is 0 Å². The third-order valence-corrected chi connectivity index (χ3v) is 3.22. The number of hydrogen-bond acceptors (Lipinski definition) is 4. The number of halogens is 1. The van der Waals surface area contributed by atoms with E-state index in [-0.39, 0.29) is 0 Å². The normalized spacial score (nSPS) is 11.1. The van der Waals surface area contributed by atoms with Crippen LogP contribution >= 0.6 is 11.6 Å². The second-order valence-corrected chi connectivity index (χ2v) is 4.60. The summed E-state index contributed by atoms with van der Waals surface area (Å²) in [7, 11) is 3.71. The molecule has 0 amide bonds. The zero-order chi connectivity index (χ0) is 13.1. The van der Waals surface area contributed by atoms with Gasteiger partial charge in [-0.15, -0.1) is 0 Å². The van der Waals surface area contributed by atoms with Gasteiger partial charge in [0.05, 0.1) is 5.69 Å². The summed E-state index contributed by atoms with van der Waals surface area (Å²) < 4.78 is 3.39. The molecular weight excluding hydrogens is 252 g/mol. The number of rotatable bonds is 5. The summed E-state index contributed by atoms with van der Waals surface area (Å²) in [5.41, 5.74) is 2.01. The molecule has 6 nitrogen and oxygen atoms in total. The molecule has 2 aromatic heterocycles. The Bertz CT molecular complexity index is 530. The molecule has 0 saturated carbocycles. The van der Waals surface area contributed by atoms with Crippen molar-refractivity contribution in [1.29, 1.82) is 0 Å². The maximum Gasteiger partial charge on any atom is 0.151 e. The first-order valence-corrected chi connectivity index (χ1v) is 6.19. The highest BCUT2D eigenvalue weighted by Crippen LogP contribution is 2.17. The molecule has 0 spiro atoms. The topological polar surface area (TPSA) is 60.6 Å². The monoisotopic (exact) mass is 268 g/mol. The van der Waals surface area contributed by atoms with Gasteiger partial charge in [0, 0.05) is 39.2 Å². The molecule has 7 heteroatoms. The Kier molecular flexibility index (Phi) is 3.98. The van der Waals surface area contributed by atoms with Crippen LogP contribution in [0.1, 0.15) is 17.1 Å². The summed E-state index contributed by atoms with van der Waals surface area (Å²) in [6.07, 6.45) is 2.51. The molecule has 0 atom stereocenters. The van der Waals surface area contributed by atoms with Crippen molar-refractivity contribution in [2.45, 2.75) is 19.9 Å². The van der Waals surface area contributed by atoms with E-state index in [1.54, 1.807) is 15.7 Å². The molecule has 0 aromatic carbocycles. The Hall–Kier alpha value is -1.40. The van der Waals surface area contributed by atoms with Gasteiger partial charge >= 0.3 is 0 Å². The first-order chi connectivity index (χ1) is 8.58. The van der Waals surface area contributed by atoms with Crippen molar-refractivity contribution in [2.24, 2.45) is 14.1 Å². The van der Waals surface area contributed by atoms with E-state index in [9.17, 15) is 0 Å². The highest BCUT2D eigenvalue weighted by Gasteiger charge is 2.10. The second kappa shape index (κ2) is 5.49. The van der Waals surface area contributed by atoms with Gasteiger partial charge in [0.25, 0.3) is 0 Å². The van der Waals surface area contributed by atoms with E-state index < -0.39 is 0 Å². The fourth-order valence-electron chi connectivity index (χ4n) is 1.79. The molecule has 0 aliphatic heterocycles. The second-order valence-electron chi connectivity index (χ2n) is 4.24. The predicted octanol–water partition coefficient (Wildman–Crippen LogP) is 0.843. The molecule has 0 unspecified atom stereocenters. The maximum absolute atomic E-state index is 6.15. The molecule has 2 rings (SSSR count). The average molecular weight is 269 g/mol. The zero-order valence-corrected chi connectivity index (χ0v) is 11.6. The molecule has 2 heterocycles. The first-order valence-electron chi connectivity index (χ1n) is 5.81. The van der Waals surface area contributed by atoms with Gasteiger partial charge in [0.15, 0.2) is 5.82 Å². The summed E-state index contributed by atoms with van der Waals surface area (Å²) >= 11 is 6.15. The maximum atomic E-state index is 6.15. The summed E-state index contributed by atoms with van der Waals surface area (Å²) in [6, 6.07) is 0. The Balaban J connectivity index is 1.82. The van der Waals surface area contributed by atoms with Crippen LogP contribution in [-0.4, -0.2) is 31.1 Å². The number of hydrogen-bond donors (Lipinski definition) is 1. The first kappa shape index (κ1) is 13.0. The van der Waals surface area contributed by atoms with Crippen LogP contribution in [0.15, 0.2) is 6.33 Å². The molecule has 0 aliphatic rings. The molecule has 0 radical (unpaired) electrons. The van der Waals surface area contributed by atoms with Crippen LogP contribution in [0.25, 0.3) is 0 Å². The van der Waals surface area contributed by atoms with Gasteiger partial charge in [-0.05, 0) is 6.92 Å². The Morgan fingerprint density at radius 2 is 2.11 bits per heavy atom. The Labute approximate surface area is 111 Å². The SMILES string of the molecule is Cc1nn(C)c(Cl)c1CNCCc1ncn(C)n1. The molecular formula is C11H17ClN6. The zero-order valence-electron chi connectivity index (χ0n) is 10.8. The molecule has 0 saturated heterocycles. The van der Waals surface area contributed by atoms with Gasteiger partial charge in [-0.3, -0.25) is 9.36 Å². The lowest BCUT2D eigenvalue weighted by atomic mass is 10.2. The fourth-order valence-corrected chi connectivity index (χ4v) is 2.03. The molecule has 1 N–H and O–H groups in total. The summed E-state index contributed by atoms with van der Waals surface area (Å²) in [5, 5.41) is 12.5. The number of nitrogens with zero attached hydrogens (tertiary/aromatic N) is 5. The standard InChI is InChI=1S/C11H17ClN6/c1-8-9(11(12)18(3)15-8)6-13-5-4-10-14-7-17(2)16-10/h7,13H,4-6H2,1-3H3. The van der Waals surface area contributed by atoms with Gasteiger partial charge in [0.1, 0.15) is 11.5 Å². The fraction of sp³-hybridized carbons (Fsp3) is 0.545. The van der Waals surface area contributed by atoms with E-state index in [1.165, 1.54) is 0 Å². The van der Waals surface area contributed by atoms with Crippen LogP contribution < -0.4 is 5.32 Å². The van der Waals surface area contributed by atoms with E-state index in [4.69, 9.17) is 11.6 Å². The minimum absolute atomic E-state index is 0.691. The van der Waals surface area contributed by atoms with Crippen LogP contribution in [0.3, 0.4) is 0 Å². The Morgan fingerprint density at radius 3 is 2.67 bits per heavy atom. The lowest BCUT2D eigenvalue weighted by Crippen LogP contribution is -2.17. The van der Waals surface area contributed by atoms with Crippen molar-refractivity contribution in [2.75, 3.05) is 6.54 Å². The minimum Gasteiger partial charge on any atom is -0.312 e. The third-order valence-electron chi connectivity index (χ3n) is 2.74. The highest BCUT2D eigenvalue weighted by molar-refractivity contribution is 6.30. The van der Waals surface area contributed by atoms with E-state index >= 15 is 0 Å². The number of aryl methyl sites for hydroxylation is 3. The average Bonchev–Trinajstić information content (AvgIpc) is 2.82. The molecule has 18 heavy (non-hydrogen) atoms. The van der Waals surface area contributed by atoms with Gasteiger partial charge in [-0.25, -0.2) is 4.98 Å².